The van der Waals surface area contributed by atoms with Crippen LogP contribution in [0.25, 0.3) is 5.57 Å². The Balaban J connectivity index is 1.38. The zero-order chi connectivity index (χ0) is 23.3. The fourth-order valence-electron chi connectivity index (χ4n) is 5.70. The molecule has 2 aliphatic rings. The number of ether oxygens (including phenoxy) is 1. The Labute approximate surface area is 203 Å². The minimum Gasteiger partial charge on any atom is -0.459 e. The van der Waals surface area contributed by atoms with Crippen molar-refractivity contribution in [3.8, 4) is 0 Å². The third kappa shape index (κ3) is 8.95. The lowest BCUT2D eigenvalue weighted by Gasteiger charge is -2.28. The molecule has 0 bridgehead atoms. The summed E-state index contributed by atoms with van der Waals surface area (Å²) in [5.41, 5.74) is 3.43. The molecule has 2 nitrogen and oxygen atoms in total. The Bertz CT molecular complexity index is 709. The van der Waals surface area contributed by atoms with Gasteiger partial charge in [0.25, 0.3) is 0 Å². The van der Waals surface area contributed by atoms with E-state index in [0.29, 0.717) is 5.56 Å². The second-order valence-corrected chi connectivity index (χ2v) is 10.7. The van der Waals surface area contributed by atoms with Gasteiger partial charge in [0.15, 0.2) is 0 Å². The number of rotatable bonds is 13. The van der Waals surface area contributed by atoms with E-state index in [1.807, 2.05) is 12.1 Å². The maximum absolute atomic E-state index is 12.6. The normalized spacial score (nSPS) is 23.2. The first-order chi connectivity index (χ1) is 16.2. The minimum absolute atomic E-state index is 0.111. The summed E-state index contributed by atoms with van der Waals surface area (Å²) in [5, 5.41) is 0. The Hall–Kier alpha value is -1.57. The van der Waals surface area contributed by atoms with Gasteiger partial charge in [0.2, 0.25) is 0 Å². The van der Waals surface area contributed by atoms with Crippen LogP contribution in [0.5, 0.6) is 0 Å². The SMILES string of the molecule is CCCCCCCCC1CC=C(c2ccc(C(=O)OC3CCC(CCCC)CC3)cc2)CC1. The lowest BCUT2D eigenvalue weighted by Crippen LogP contribution is -2.24. The Morgan fingerprint density at radius 3 is 2.12 bits per heavy atom. The molecule has 0 aromatic heterocycles. The van der Waals surface area contributed by atoms with Crippen molar-refractivity contribution in [1.29, 1.82) is 0 Å². The molecule has 0 radical (unpaired) electrons. The first-order valence-electron chi connectivity index (χ1n) is 14.2. The standard InChI is InChI=1S/C31H48O2/c1-3-5-7-8-9-10-12-26-13-17-27(18-14-26)28-19-21-29(22-20-28)31(32)33-30-23-15-25(16-24-30)11-6-4-2/h17,19-22,25-26,30H,3-16,18,23-24H2,1-2H3. The molecule has 1 aromatic carbocycles. The molecule has 0 amide bonds. The fourth-order valence-corrected chi connectivity index (χ4v) is 5.70. The monoisotopic (exact) mass is 452 g/mol. The molecule has 3 rings (SSSR count). The van der Waals surface area contributed by atoms with Crippen LogP contribution in [0.1, 0.15) is 139 Å². The molecule has 0 N–H and O–H groups in total. The zero-order valence-electron chi connectivity index (χ0n) is 21.5. The van der Waals surface area contributed by atoms with E-state index in [0.717, 1.165) is 24.7 Å². The number of benzene rings is 1. The van der Waals surface area contributed by atoms with Crippen LogP contribution in [0.4, 0.5) is 0 Å². The highest BCUT2D eigenvalue weighted by atomic mass is 16.5. The average molecular weight is 453 g/mol. The van der Waals surface area contributed by atoms with E-state index in [2.05, 4.69) is 32.1 Å². The van der Waals surface area contributed by atoms with E-state index in [4.69, 9.17) is 4.74 Å². The highest BCUT2D eigenvalue weighted by molar-refractivity contribution is 5.90. The van der Waals surface area contributed by atoms with Crippen LogP contribution in [-0.2, 0) is 4.74 Å². The molecule has 1 atom stereocenters. The van der Waals surface area contributed by atoms with Gasteiger partial charge in [-0.1, -0.05) is 96.3 Å². The number of hydrogen-bond donors (Lipinski definition) is 0. The number of carbonyl (C=O) groups is 1. The minimum atomic E-state index is -0.143. The maximum Gasteiger partial charge on any atom is 0.338 e. The van der Waals surface area contributed by atoms with Crippen molar-refractivity contribution in [2.45, 2.75) is 129 Å². The van der Waals surface area contributed by atoms with Crippen LogP contribution < -0.4 is 0 Å². The molecule has 1 fully saturated rings. The van der Waals surface area contributed by atoms with Crippen LogP contribution in [-0.4, -0.2) is 12.1 Å². The summed E-state index contributed by atoms with van der Waals surface area (Å²) >= 11 is 0. The van der Waals surface area contributed by atoms with Gasteiger partial charge in [0.1, 0.15) is 6.10 Å². The van der Waals surface area contributed by atoms with Crippen molar-refractivity contribution in [2.75, 3.05) is 0 Å². The molecule has 2 heteroatoms. The molecular formula is C31H48O2. The van der Waals surface area contributed by atoms with Crippen LogP contribution in [0.2, 0.25) is 0 Å². The molecule has 0 aliphatic heterocycles. The summed E-state index contributed by atoms with van der Waals surface area (Å²) in [6, 6.07) is 8.18. The average Bonchev–Trinajstić information content (AvgIpc) is 2.86. The predicted molar refractivity (Wildman–Crippen MR) is 140 cm³/mol. The third-order valence-electron chi connectivity index (χ3n) is 8.01. The molecule has 0 spiro atoms. The number of esters is 1. The van der Waals surface area contributed by atoms with Gasteiger partial charge in [-0.3, -0.25) is 0 Å². The third-order valence-corrected chi connectivity index (χ3v) is 8.01. The van der Waals surface area contributed by atoms with Crippen molar-refractivity contribution in [3.05, 3.63) is 41.5 Å². The molecule has 0 saturated heterocycles. The molecule has 184 valence electrons. The lowest BCUT2D eigenvalue weighted by molar-refractivity contribution is 0.0161. The van der Waals surface area contributed by atoms with Gasteiger partial charge in [-0.05, 0) is 80.1 Å². The highest BCUT2D eigenvalue weighted by Crippen LogP contribution is 2.33. The number of hydrogen-bond acceptors (Lipinski definition) is 2. The van der Waals surface area contributed by atoms with Gasteiger partial charge in [-0.2, -0.15) is 0 Å². The van der Waals surface area contributed by atoms with Crippen molar-refractivity contribution in [3.63, 3.8) is 0 Å². The Morgan fingerprint density at radius 1 is 0.788 bits per heavy atom. The summed E-state index contributed by atoms with van der Waals surface area (Å²) in [4.78, 5) is 12.6. The molecule has 2 aliphatic carbocycles. The molecule has 0 heterocycles. The van der Waals surface area contributed by atoms with Crippen LogP contribution in [0, 0.1) is 11.8 Å². The predicted octanol–water partition coefficient (Wildman–Crippen LogP) is 9.53. The summed E-state index contributed by atoms with van der Waals surface area (Å²) in [6.45, 7) is 4.54. The van der Waals surface area contributed by atoms with E-state index < -0.39 is 0 Å². The van der Waals surface area contributed by atoms with Gasteiger partial charge < -0.3 is 4.74 Å². The second kappa shape index (κ2) is 14.6. The van der Waals surface area contributed by atoms with E-state index >= 15 is 0 Å². The number of carbonyl (C=O) groups excluding carboxylic acids is 1. The Kier molecular flexibility index (Phi) is 11.6. The molecule has 1 unspecified atom stereocenters. The van der Waals surface area contributed by atoms with E-state index in [1.165, 1.54) is 107 Å². The Morgan fingerprint density at radius 2 is 1.45 bits per heavy atom. The van der Waals surface area contributed by atoms with Crippen LogP contribution in [0.15, 0.2) is 30.3 Å². The van der Waals surface area contributed by atoms with Crippen molar-refractivity contribution in [1.82, 2.24) is 0 Å². The topological polar surface area (TPSA) is 26.3 Å². The molecule has 33 heavy (non-hydrogen) atoms. The maximum atomic E-state index is 12.6. The lowest BCUT2D eigenvalue weighted by atomic mass is 9.83. The van der Waals surface area contributed by atoms with Crippen molar-refractivity contribution < 1.29 is 9.53 Å². The van der Waals surface area contributed by atoms with E-state index in [9.17, 15) is 4.79 Å². The summed E-state index contributed by atoms with van der Waals surface area (Å²) in [7, 11) is 0. The summed E-state index contributed by atoms with van der Waals surface area (Å²) in [5.74, 6) is 1.56. The smallest absolute Gasteiger partial charge is 0.338 e. The largest absolute Gasteiger partial charge is 0.459 e. The van der Waals surface area contributed by atoms with E-state index in [1.54, 1.807) is 0 Å². The zero-order valence-corrected chi connectivity index (χ0v) is 21.5. The molecule has 1 aromatic rings. The van der Waals surface area contributed by atoms with Gasteiger partial charge in [0.05, 0.1) is 5.56 Å². The fraction of sp³-hybridized carbons (Fsp3) is 0.710. The van der Waals surface area contributed by atoms with E-state index in [-0.39, 0.29) is 12.1 Å². The van der Waals surface area contributed by atoms with Crippen molar-refractivity contribution in [2.24, 2.45) is 11.8 Å². The first kappa shape index (κ1) is 26.0. The molecular weight excluding hydrogens is 404 g/mol. The molecule has 1 saturated carbocycles. The van der Waals surface area contributed by atoms with Gasteiger partial charge in [-0.15, -0.1) is 0 Å². The summed E-state index contributed by atoms with van der Waals surface area (Å²) in [6.07, 6.45) is 24.5. The number of allylic oxidation sites excluding steroid dienone is 2. The number of unbranched alkanes of at least 4 members (excludes halogenated alkanes) is 6. The first-order valence-corrected chi connectivity index (χ1v) is 14.2. The van der Waals surface area contributed by atoms with Crippen LogP contribution >= 0.6 is 0 Å². The second-order valence-electron chi connectivity index (χ2n) is 10.7. The highest BCUT2D eigenvalue weighted by Gasteiger charge is 2.24. The van der Waals surface area contributed by atoms with Crippen LogP contribution in [0.3, 0.4) is 0 Å². The van der Waals surface area contributed by atoms with Gasteiger partial charge in [-0.25, -0.2) is 4.79 Å². The van der Waals surface area contributed by atoms with Gasteiger partial charge >= 0.3 is 5.97 Å². The quantitative estimate of drug-likeness (QED) is 0.220. The summed E-state index contributed by atoms with van der Waals surface area (Å²) < 4.78 is 5.84. The van der Waals surface area contributed by atoms with Gasteiger partial charge in [0, 0.05) is 0 Å². The van der Waals surface area contributed by atoms with Crippen molar-refractivity contribution >= 4 is 11.5 Å².